The summed E-state index contributed by atoms with van der Waals surface area (Å²) in [6.45, 7) is 0. The van der Waals surface area contributed by atoms with Crippen molar-refractivity contribution in [2.75, 3.05) is 0 Å². The minimum atomic E-state index is -0.445. The van der Waals surface area contributed by atoms with Gasteiger partial charge >= 0.3 is 5.76 Å². The van der Waals surface area contributed by atoms with Crippen molar-refractivity contribution >= 4 is 11.1 Å². The van der Waals surface area contributed by atoms with E-state index >= 15 is 0 Å². The molecule has 1 aromatic carbocycles. The number of oxazole rings is 1. The van der Waals surface area contributed by atoms with Gasteiger partial charge < -0.3 is 9.52 Å². The molecule has 0 amide bonds. The molecule has 1 heterocycles. The molecule has 0 aliphatic heterocycles. The molecule has 4 heteroatoms. The Morgan fingerprint density at radius 1 is 1.33 bits per heavy atom. The van der Waals surface area contributed by atoms with Crippen LogP contribution in [-0.4, -0.2) is 10.1 Å². The predicted molar refractivity (Wildman–Crippen MR) is 66.1 cm³/mol. The molecule has 0 radical (unpaired) electrons. The fraction of sp³-hybridized carbons (Fsp3) is 0.500. The van der Waals surface area contributed by atoms with Crippen LogP contribution in [0.4, 0.5) is 0 Å². The van der Waals surface area contributed by atoms with Crippen molar-refractivity contribution in [3.05, 3.63) is 34.3 Å². The monoisotopic (exact) mass is 245 g/mol. The van der Waals surface area contributed by atoms with Crippen molar-refractivity contribution in [3.8, 4) is 0 Å². The summed E-state index contributed by atoms with van der Waals surface area (Å²) in [6, 6.07) is 5.47. The third-order valence-corrected chi connectivity index (χ3v) is 4.62. The molecule has 2 aliphatic carbocycles. The van der Waals surface area contributed by atoms with E-state index in [0.29, 0.717) is 28.9 Å². The number of aliphatic hydroxyl groups excluding tert-OH is 1. The summed E-state index contributed by atoms with van der Waals surface area (Å²) in [7, 11) is 0. The number of hydrogen-bond donors (Lipinski definition) is 2. The average molecular weight is 245 g/mol. The summed E-state index contributed by atoms with van der Waals surface area (Å²) in [6.07, 6.45) is 3.41. The number of fused-ring (bicyclic) bond motifs is 2. The van der Waals surface area contributed by atoms with Gasteiger partial charge in [-0.25, -0.2) is 4.79 Å². The van der Waals surface area contributed by atoms with Crippen LogP contribution in [0.1, 0.15) is 30.9 Å². The zero-order valence-electron chi connectivity index (χ0n) is 9.93. The number of aromatic amines is 1. The number of H-pyrrole nitrogens is 1. The highest BCUT2D eigenvalue weighted by molar-refractivity contribution is 5.72. The number of rotatable bonds is 2. The van der Waals surface area contributed by atoms with Gasteiger partial charge in [-0.05, 0) is 48.3 Å². The minimum Gasteiger partial charge on any atom is -0.408 e. The van der Waals surface area contributed by atoms with Crippen LogP contribution in [0.5, 0.6) is 0 Å². The molecular weight excluding hydrogens is 230 g/mol. The van der Waals surface area contributed by atoms with E-state index in [1.165, 1.54) is 19.3 Å². The van der Waals surface area contributed by atoms with E-state index in [-0.39, 0.29) is 0 Å². The lowest BCUT2D eigenvalue weighted by Crippen LogP contribution is -2.04. The van der Waals surface area contributed by atoms with Crippen LogP contribution in [-0.2, 0) is 0 Å². The lowest BCUT2D eigenvalue weighted by Gasteiger charge is -2.12. The van der Waals surface area contributed by atoms with E-state index in [4.69, 9.17) is 4.42 Å². The molecule has 3 unspecified atom stereocenters. The van der Waals surface area contributed by atoms with Crippen LogP contribution >= 0.6 is 0 Å². The summed E-state index contributed by atoms with van der Waals surface area (Å²) in [5.74, 6) is 1.41. The van der Waals surface area contributed by atoms with Crippen molar-refractivity contribution in [3.63, 3.8) is 0 Å². The van der Waals surface area contributed by atoms with Crippen molar-refractivity contribution < 1.29 is 9.52 Å². The summed E-state index contributed by atoms with van der Waals surface area (Å²) >= 11 is 0. The van der Waals surface area contributed by atoms with Crippen molar-refractivity contribution in [1.29, 1.82) is 0 Å². The second-order valence-electron chi connectivity index (χ2n) is 5.55. The van der Waals surface area contributed by atoms with Crippen LogP contribution in [0.25, 0.3) is 11.1 Å². The van der Waals surface area contributed by atoms with Crippen LogP contribution in [0.15, 0.2) is 27.4 Å². The molecule has 18 heavy (non-hydrogen) atoms. The molecule has 3 atom stereocenters. The normalized spacial score (nSPS) is 31.5. The first-order chi connectivity index (χ1) is 8.74. The Kier molecular flexibility index (Phi) is 2.01. The largest absolute Gasteiger partial charge is 0.417 e. The summed E-state index contributed by atoms with van der Waals surface area (Å²) in [5.41, 5.74) is 2.08. The van der Waals surface area contributed by atoms with Crippen LogP contribution in [0.3, 0.4) is 0 Å². The maximum atomic E-state index is 11.1. The van der Waals surface area contributed by atoms with Gasteiger partial charge in [0.2, 0.25) is 0 Å². The average Bonchev–Trinajstić information content (AvgIpc) is 2.74. The Labute approximate surface area is 104 Å². The van der Waals surface area contributed by atoms with Crippen molar-refractivity contribution in [2.24, 2.45) is 17.8 Å². The van der Waals surface area contributed by atoms with Crippen LogP contribution in [0, 0.1) is 17.8 Å². The Hall–Kier alpha value is -1.55. The number of benzene rings is 1. The number of aliphatic hydroxyl groups is 1. The van der Waals surface area contributed by atoms with E-state index < -0.39 is 11.9 Å². The number of hydrogen-bond acceptors (Lipinski definition) is 3. The fourth-order valence-corrected chi connectivity index (χ4v) is 3.71. The lowest BCUT2D eigenvalue weighted by molar-refractivity contribution is 0.137. The van der Waals surface area contributed by atoms with Gasteiger partial charge in [0.25, 0.3) is 0 Å². The standard InChI is InChI=1S/C14H15NO3/c16-13(12-8-2-1-3-9(8)12)7-4-5-10-11(6-7)18-14(17)15-10/h4-6,8-9,12-13,16H,1-3H2,(H,15,17). The quantitative estimate of drug-likeness (QED) is 0.852. The van der Waals surface area contributed by atoms with Gasteiger partial charge in [0.1, 0.15) is 0 Å². The molecule has 2 aromatic rings. The molecule has 1 aromatic heterocycles. The Balaban J connectivity index is 1.67. The second kappa shape index (κ2) is 3.48. The van der Waals surface area contributed by atoms with E-state index in [2.05, 4.69) is 4.98 Å². The maximum absolute atomic E-state index is 11.1. The topological polar surface area (TPSA) is 66.2 Å². The van der Waals surface area contributed by atoms with Gasteiger partial charge in [-0.15, -0.1) is 0 Å². The molecule has 0 bridgehead atoms. The number of aromatic nitrogens is 1. The zero-order chi connectivity index (χ0) is 12.3. The second-order valence-corrected chi connectivity index (χ2v) is 5.55. The highest BCUT2D eigenvalue weighted by atomic mass is 16.4. The Morgan fingerprint density at radius 2 is 2.11 bits per heavy atom. The smallest absolute Gasteiger partial charge is 0.408 e. The van der Waals surface area contributed by atoms with Crippen molar-refractivity contribution in [1.82, 2.24) is 4.98 Å². The molecular formula is C14H15NO3. The minimum absolute atomic E-state index is 0.412. The third kappa shape index (κ3) is 1.38. The first-order valence-electron chi connectivity index (χ1n) is 6.55. The molecule has 2 fully saturated rings. The van der Waals surface area contributed by atoms with E-state index in [1.54, 1.807) is 12.1 Å². The van der Waals surface area contributed by atoms with Gasteiger partial charge in [0.15, 0.2) is 5.58 Å². The first-order valence-corrected chi connectivity index (χ1v) is 6.55. The van der Waals surface area contributed by atoms with Gasteiger partial charge in [0.05, 0.1) is 11.6 Å². The van der Waals surface area contributed by atoms with Gasteiger partial charge in [-0.2, -0.15) is 0 Å². The Morgan fingerprint density at radius 3 is 2.89 bits per heavy atom. The van der Waals surface area contributed by atoms with Gasteiger partial charge in [-0.3, -0.25) is 4.98 Å². The van der Waals surface area contributed by atoms with E-state index in [0.717, 1.165) is 5.56 Å². The lowest BCUT2D eigenvalue weighted by atomic mass is 9.99. The number of nitrogens with one attached hydrogen (secondary N) is 1. The molecule has 2 aliphatic rings. The molecule has 0 saturated heterocycles. The van der Waals surface area contributed by atoms with Gasteiger partial charge in [-0.1, -0.05) is 12.5 Å². The van der Waals surface area contributed by atoms with Gasteiger partial charge in [0, 0.05) is 0 Å². The molecule has 4 rings (SSSR count). The molecule has 2 saturated carbocycles. The predicted octanol–water partition coefficient (Wildman–Crippen LogP) is 2.20. The molecule has 4 nitrogen and oxygen atoms in total. The molecule has 94 valence electrons. The highest BCUT2D eigenvalue weighted by Crippen LogP contribution is 2.62. The summed E-state index contributed by atoms with van der Waals surface area (Å²) < 4.78 is 5.03. The first kappa shape index (κ1) is 10.4. The third-order valence-electron chi connectivity index (χ3n) is 4.62. The SMILES string of the molecule is O=c1[nH]c2ccc(C(O)C3C4CCCC43)cc2o1. The summed E-state index contributed by atoms with van der Waals surface area (Å²) in [4.78, 5) is 13.7. The molecule has 0 spiro atoms. The van der Waals surface area contributed by atoms with E-state index in [1.807, 2.05) is 6.07 Å². The highest BCUT2D eigenvalue weighted by Gasteiger charge is 2.55. The Bertz CT molecular complexity index is 646. The van der Waals surface area contributed by atoms with E-state index in [9.17, 15) is 9.90 Å². The van der Waals surface area contributed by atoms with Crippen molar-refractivity contribution in [2.45, 2.75) is 25.4 Å². The molecule has 2 N–H and O–H groups in total. The summed E-state index contributed by atoms with van der Waals surface area (Å²) in [5, 5.41) is 10.4. The maximum Gasteiger partial charge on any atom is 0.417 e. The fourth-order valence-electron chi connectivity index (χ4n) is 3.71. The van der Waals surface area contributed by atoms with Crippen LogP contribution in [0.2, 0.25) is 0 Å². The zero-order valence-corrected chi connectivity index (χ0v) is 9.93. The van der Waals surface area contributed by atoms with Crippen LogP contribution < -0.4 is 5.76 Å².